The molecule has 0 saturated heterocycles. The molecule has 0 bridgehead atoms. The van der Waals surface area contributed by atoms with Gasteiger partial charge < -0.3 is 5.32 Å². The highest BCUT2D eigenvalue weighted by Crippen LogP contribution is 2.07. The third-order valence-corrected chi connectivity index (χ3v) is 1.92. The second-order valence-electron chi connectivity index (χ2n) is 3.04. The van der Waals surface area contributed by atoms with Crippen molar-refractivity contribution in [3.63, 3.8) is 0 Å². The molecular weight excluding hydrogens is 169 g/mol. The highest BCUT2D eigenvalue weighted by molar-refractivity contribution is 5.07. The van der Waals surface area contributed by atoms with Crippen LogP contribution in [-0.4, -0.2) is 23.4 Å². The number of nitrogens with zero attached hydrogens (tertiary/aromatic N) is 2. The first kappa shape index (κ1) is 10.2. The van der Waals surface area contributed by atoms with Crippen molar-refractivity contribution in [2.24, 2.45) is 0 Å². The van der Waals surface area contributed by atoms with E-state index in [9.17, 15) is 4.39 Å². The lowest BCUT2D eigenvalue weighted by molar-refractivity contribution is 0.446. The van der Waals surface area contributed by atoms with Gasteiger partial charge in [-0.15, -0.1) is 0 Å². The maximum absolute atomic E-state index is 13.4. The molecule has 0 spiro atoms. The first-order valence-electron chi connectivity index (χ1n) is 4.64. The lowest BCUT2D eigenvalue weighted by atomic mass is 10.2. The number of nitrogens with one attached hydrogen (secondary N) is 1. The third-order valence-electron chi connectivity index (χ3n) is 1.92. The Kier molecular flexibility index (Phi) is 3.89. The summed E-state index contributed by atoms with van der Waals surface area (Å²) in [5, 5.41) is 6.95. The van der Waals surface area contributed by atoms with Crippen molar-refractivity contribution in [3.8, 4) is 0 Å². The summed E-state index contributed by atoms with van der Waals surface area (Å²) in [6, 6.07) is 0. The van der Waals surface area contributed by atoms with Crippen LogP contribution in [0.2, 0.25) is 0 Å². The Bertz CT molecular complexity index is 257. The van der Waals surface area contributed by atoms with E-state index in [1.54, 1.807) is 6.20 Å². The first-order valence-corrected chi connectivity index (χ1v) is 4.64. The van der Waals surface area contributed by atoms with Crippen LogP contribution < -0.4 is 5.32 Å². The fraction of sp³-hybridized carbons (Fsp3) is 0.667. The van der Waals surface area contributed by atoms with Crippen LogP contribution >= 0.6 is 0 Å². The van der Waals surface area contributed by atoms with Gasteiger partial charge in [-0.2, -0.15) is 9.49 Å². The van der Waals surface area contributed by atoms with Crippen LogP contribution in [0.3, 0.4) is 0 Å². The van der Waals surface area contributed by atoms with E-state index in [0.29, 0.717) is 18.5 Å². The van der Waals surface area contributed by atoms with E-state index in [4.69, 9.17) is 0 Å². The molecule has 0 radical (unpaired) electrons. The van der Waals surface area contributed by atoms with Crippen molar-refractivity contribution in [2.45, 2.75) is 26.3 Å². The molecule has 1 rings (SSSR count). The highest BCUT2D eigenvalue weighted by atomic mass is 19.1. The van der Waals surface area contributed by atoms with E-state index in [2.05, 4.69) is 10.4 Å². The molecular formula is C9H16FN3. The molecule has 1 N–H and O–H groups in total. The average molecular weight is 185 g/mol. The van der Waals surface area contributed by atoms with Crippen LogP contribution in [-0.2, 0) is 13.0 Å². The number of likely N-dealkylation sites (N-methyl/N-ethyl adjacent to an activating group) is 1. The van der Waals surface area contributed by atoms with Crippen molar-refractivity contribution < 1.29 is 4.39 Å². The Morgan fingerprint density at radius 1 is 1.62 bits per heavy atom. The standard InChI is InChI=1S/C9H16FN3/c1-3-6-13-9(10)8(7-12-13)4-5-11-2/h7,11H,3-6H2,1-2H3. The van der Waals surface area contributed by atoms with E-state index >= 15 is 0 Å². The van der Waals surface area contributed by atoms with Crippen LogP contribution in [0.1, 0.15) is 18.9 Å². The normalized spacial score (nSPS) is 10.7. The molecule has 0 aliphatic rings. The van der Waals surface area contributed by atoms with Gasteiger partial charge in [0.05, 0.1) is 6.20 Å². The summed E-state index contributed by atoms with van der Waals surface area (Å²) in [5.41, 5.74) is 0.697. The molecule has 0 aromatic carbocycles. The van der Waals surface area contributed by atoms with Crippen LogP contribution in [0.15, 0.2) is 6.20 Å². The zero-order valence-corrected chi connectivity index (χ0v) is 8.18. The molecule has 4 heteroatoms. The van der Waals surface area contributed by atoms with Crippen LogP contribution in [0.4, 0.5) is 4.39 Å². The van der Waals surface area contributed by atoms with Gasteiger partial charge in [0, 0.05) is 12.1 Å². The summed E-state index contributed by atoms with van der Waals surface area (Å²) in [4.78, 5) is 0. The van der Waals surface area contributed by atoms with Gasteiger partial charge >= 0.3 is 0 Å². The summed E-state index contributed by atoms with van der Waals surface area (Å²) < 4.78 is 14.8. The molecule has 0 amide bonds. The van der Waals surface area contributed by atoms with Gasteiger partial charge in [0.1, 0.15) is 0 Å². The fourth-order valence-corrected chi connectivity index (χ4v) is 1.20. The molecule has 0 aliphatic heterocycles. The minimum atomic E-state index is -0.183. The Hall–Kier alpha value is -0.900. The third kappa shape index (κ3) is 2.52. The molecule has 0 aliphatic carbocycles. The quantitative estimate of drug-likeness (QED) is 0.747. The van der Waals surface area contributed by atoms with Gasteiger partial charge in [0.15, 0.2) is 0 Å². The number of rotatable bonds is 5. The summed E-state index contributed by atoms with van der Waals surface area (Å²) >= 11 is 0. The minimum absolute atomic E-state index is 0.183. The largest absolute Gasteiger partial charge is 0.319 e. The minimum Gasteiger partial charge on any atom is -0.319 e. The Balaban J connectivity index is 2.62. The van der Waals surface area contributed by atoms with Gasteiger partial charge in [0.2, 0.25) is 5.95 Å². The number of aryl methyl sites for hydroxylation is 1. The lowest BCUT2D eigenvalue weighted by Crippen LogP contribution is -2.11. The monoisotopic (exact) mass is 185 g/mol. The number of halogens is 1. The Morgan fingerprint density at radius 2 is 2.38 bits per heavy atom. The summed E-state index contributed by atoms with van der Waals surface area (Å²) in [5.74, 6) is -0.183. The topological polar surface area (TPSA) is 29.9 Å². The molecule has 13 heavy (non-hydrogen) atoms. The zero-order valence-electron chi connectivity index (χ0n) is 8.18. The smallest absolute Gasteiger partial charge is 0.214 e. The van der Waals surface area contributed by atoms with Crippen LogP contribution in [0, 0.1) is 5.95 Å². The van der Waals surface area contributed by atoms with Crippen LogP contribution in [0.5, 0.6) is 0 Å². The molecule has 0 fully saturated rings. The van der Waals surface area contributed by atoms with E-state index in [1.807, 2.05) is 14.0 Å². The van der Waals surface area contributed by atoms with E-state index < -0.39 is 0 Å². The molecule has 1 heterocycles. The van der Waals surface area contributed by atoms with Gasteiger partial charge in [0.25, 0.3) is 0 Å². The SMILES string of the molecule is CCCn1ncc(CCNC)c1F. The molecule has 1 aromatic rings. The number of hydrogen-bond acceptors (Lipinski definition) is 2. The first-order chi connectivity index (χ1) is 6.29. The summed E-state index contributed by atoms with van der Waals surface area (Å²) in [6.07, 6.45) is 3.22. The second kappa shape index (κ2) is 4.97. The van der Waals surface area contributed by atoms with Crippen molar-refractivity contribution in [1.29, 1.82) is 0 Å². The summed E-state index contributed by atoms with van der Waals surface area (Å²) in [6.45, 7) is 3.45. The average Bonchev–Trinajstić information content (AvgIpc) is 2.46. The van der Waals surface area contributed by atoms with Crippen molar-refractivity contribution >= 4 is 0 Å². The lowest BCUT2D eigenvalue weighted by Gasteiger charge is -1.99. The van der Waals surface area contributed by atoms with Crippen molar-refractivity contribution in [2.75, 3.05) is 13.6 Å². The maximum atomic E-state index is 13.4. The van der Waals surface area contributed by atoms with E-state index in [1.165, 1.54) is 4.68 Å². The second-order valence-corrected chi connectivity index (χ2v) is 3.04. The highest BCUT2D eigenvalue weighted by Gasteiger charge is 2.08. The van der Waals surface area contributed by atoms with E-state index in [-0.39, 0.29) is 5.95 Å². The predicted molar refractivity (Wildman–Crippen MR) is 50.1 cm³/mol. The zero-order chi connectivity index (χ0) is 9.68. The van der Waals surface area contributed by atoms with Crippen LogP contribution in [0.25, 0.3) is 0 Å². The van der Waals surface area contributed by atoms with Gasteiger partial charge in [-0.1, -0.05) is 6.92 Å². The molecule has 0 atom stereocenters. The Labute approximate surface area is 77.9 Å². The number of hydrogen-bond donors (Lipinski definition) is 1. The molecule has 0 saturated carbocycles. The van der Waals surface area contributed by atoms with Crippen molar-refractivity contribution in [3.05, 3.63) is 17.7 Å². The molecule has 3 nitrogen and oxygen atoms in total. The van der Waals surface area contributed by atoms with Crippen molar-refractivity contribution in [1.82, 2.24) is 15.1 Å². The number of aromatic nitrogens is 2. The van der Waals surface area contributed by atoms with Gasteiger partial charge in [-0.3, -0.25) is 0 Å². The molecule has 0 unspecified atom stereocenters. The Morgan fingerprint density at radius 3 is 3.00 bits per heavy atom. The predicted octanol–water partition coefficient (Wildman–Crippen LogP) is 1.19. The van der Waals surface area contributed by atoms with E-state index in [0.717, 1.165) is 13.0 Å². The summed E-state index contributed by atoms with van der Waals surface area (Å²) in [7, 11) is 1.86. The fourth-order valence-electron chi connectivity index (χ4n) is 1.20. The molecule has 74 valence electrons. The van der Waals surface area contributed by atoms with Gasteiger partial charge in [-0.25, -0.2) is 4.68 Å². The maximum Gasteiger partial charge on any atom is 0.214 e. The molecule has 1 aromatic heterocycles. The van der Waals surface area contributed by atoms with Gasteiger partial charge in [-0.05, 0) is 26.4 Å².